The van der Waals surface area contributed by atoms with Gasteiger partial charge in [-0.3, -0.25) is 9.89 Å². The molecule has 1 heterocycles. The summed E-state index contributed by atoms with van der Waals surface area (Å²) in [6.07, 6.45) is 0. The average Bonchev–Trinajstić information content (AvgIpc) is 2.03. The Labute approximate surface area is 66.5 Å². The smallest absolute Gasteiger partial charge is 0.360 e. The molecule has 1 rings (SSSR count). The molecule has 1 aromatic heterocycles. The van der Waals surface area contributed by atoms with Gasteiger partial charge in [0.05, 0.1) is 12.3 Å². The van der Waals surface area contributed by atoms with Crippen molar-refractivity contribution in [2.24, 2.45) is 0 Å². The van der Waals surface area contributed by atoms with Crippen LogP contribution < -0.4 is 5.43 Å². The van der Waals surface area contributed by atoms with Crippen LogP contribution in [-0.4, -0.2) is 26.4 Å². The third-order valence-electron chi connectivity index (χ3n) is 1.22. The first-order valence-corrected chi connectivity index (χ1v) is 3.08. The fourth-order valence-corrected chi connectivity index (χ4v) is 0.676. The minimum Gasteiger partial charge on any atom is -0.476 e. The maximum atomic E-state index is 10.9. The van der Waals surface area contributed by atoms with Crippen molar-refractivity contribution in [1.29, 1.82) is 0 Å². The standard InChI is InChI=1S/C6H6N2O4/c9-2-3-1-4(10)5(6(11)12)8-7-3/h1,9H,2H2,(H,7,10)(H,11,12). The van der Waals surface area contributed by atoms with E-state index in [1.54, 1.807) is 0 Å². The van der Waals surface area contributed by atoms with Crippen LogP contribution in [0.25, 0.3) is 0 Å². The predicted molar refractivity (Wildman–Crippen MR) is 37.7 cm³/mol. The molecular weight excluding hydrogens is 164 g/mol. The van der Waals surface area contributed by atoms with E-state index in [2.05, 4.69) is 10.2 Å². The summed E-state index contributed by atoms with van der Waals surface area (Å²) in [6.45, 7) is -0.373. The van der Waals surface area contributed by atoms with Crippen LogP contribution in [0.15, 0.2) is 10.9 Å². The second-order valence-corrected chi connectivity index (χ2v) is 2.07. The van der Waals surface area contributed by atoms with Gasteiger partial charge >= 0.3 is 5.97 Å². The summed E-state index contributed by atoms with van der Waals surface area (Å²) in [5, 5.41) is 22.4. The number of carboxylic acids is 1. The van der Waals surface area contributed by atoms with Gasteiger partial charge in [-0.05, 0) is 0 Å². The number of nitrogens with one attached hydrogen (secondary N) is 1. The highest BCUT2D eigenvalue weighted by molar-refractivity contribution is 5.84. The van der Waals surface area contributed by atoms with Crippen molar-refractivity contribution < 1.29 is 15.0 Å². The van der Waals surface area contributed by atoms with Gasteiger partial charge in [-0.25, -0.2) is 4.79 Å². The number of hydrogen-bond acceptors (Lipinski definition) is 4. The molecule has 0 aliphatic carbocycles. The van der Waals surface area contributed by atoms with Gasteiger partial charge in [0, 0.05) is 6.07 Å². The molecule has 6 heteroatoms. The van der Waals surface area contributed by atoms with E-state index in [4.69, 9.17) is 10.2 Å². The van der Waals surface area contributed by atoms with E-state index in [-0.39, 0.29) is 12.3 Å². The molecule has 64 valence electrons. The molecule has 6 nitrogen and oxygen atoms in total. The summed E-state index contributed by atoms with van der Waals surface area (Å²) in [7, 11) is 0. The van der Waals surface area contributed by atoms with E-state index in [0.29, 0.717) is 0 Å². The van der Waals surface area contributed by atoms with Crippen molar-refractivity contribution in [2.75, 3.05) is 0 Å². The monoisotopic (exact) mass is 170 g/mol. The molecule has 1 aromatic rings. The number of hydrogen-bond donors (Lipinski definition) is 3. The average molecular weight is 170 g/mol. The molecule has 0 aliphatic rings. The van der Waals surface area contributed by atoms with Crippen molar-refractivity contribution >= 4 is 5.97 Å². The molecule has 0 radical (unpaired) electrons. The second-order valence-electron chi connectivity index (χ2n) is 2.07. The first-order valence-electron chi connectivity index (χ1n) is 3.08. The van der Waals surface area contributed by atoms with E-state index in [1.807, 2.05) is 0 Å². The van der Waals surface area contributed by atoms with E-state index in [0.717, 1.165) is 6.07 Å². The van der Waals surface area contributed by atoms with Gasteiger partial charge in [0.15, 0.2) is 0 Å². The van der Waals surface area contributed by atoms with Gasteiger partial charge < -0.3 is 10.2 Å². The Bertz CT molecular complexity index is 357. The number of aromatic amines is 1. The third kappa shape index (κ3) is 1.48. The molecule has 3 N–H and O–H groups in total. The van der Waals surface area contributed by atoms with E-state index < -0.39 is 17.1 Å². The highest BCUT2D eigenvalue weighted by Crippen LogP contribution is 1.88. The van der Waals surface area contributed by atoms with Gasteiger partial charge in [0.1, 0.15) is 0 Å². The lowest BCUT2D eigenvalue weighted by atomic mass is 10.3. The summed E-state index contributed by atoms with van der Waals surface area (Å²) in [5.41, 5.74) is -1.11. The maximum Gasteiger partial charge on any atom is 0.360 e. The molecule has 0 spiro atoms. The molecule has 0 aromatic carbocycles. The van der Waals surface area contributed by atoms with Crippen molar-refractivity contribution in [1.82, 2.24) is 10.2 Å². The first-order chi connectivity index (χ1) is 5.65. The normalized spacial score (nSPS) is 9.75. The Morgan fingerprint density at radius 3 is 2.75 bits per heavy atom. The minimum atomic E-state index is -1.39. The Hall–Kier alpha value is -1.69. The molecule has 0 amide bonds. The van der Waals surface area contributed by atoms with Crippen LogP contribution in [0, 0.1) is 0 Å². The molecule has 0 atom stereocenters. The van der Waals surface area contributed by atoms with Gasteiger partial charge in [-0.2, -0.15) is 5.10 Å². The highest BCUT2D eigenvalue weighted by Gasteiger charge is 2.09. The van der Waals surface area contributed by atoms with Crippen molar-refractivity contribution in [3.05, 3.63) is 27.7 Å². The van der Waals surface area contributed by atoms with E-state index in [1.165, 1.54) is 0 Å². The Kier molecular flexibility index (Phi) is 2.20. The summed E-state index contributed by atoms with van der Waals surface area (Å²) < 4.78 is 0. The molecule has 12 heavy (non-hydrogen) atoms. The number of carbonyl (C=O) groups is 1. The predicted octanol–water partition coefficient (Wildman–Crippen LogP) is -1.04. The maximum absolute atomic E-state index is 10.9. The number of aromatic carboxylic acids is 1. The fourth-order valence-electron chi connectivity index (χ4n) is 0.676. The molecule has 0 saturated carbocycles. The Morgan fingerprint density at radius 2 is 2.33 bits per heavy atom. The van der Waals surface area contributed by atoms with Crippen LogP contribution in [0.5, 0.6) is 0 Å². The molecule has 0 aliphatic heterocycles. The number of aliphatic hydroxyl groups excluding tert-OH is 1. The van der Waals surface area contributed by atoms with E-state index >= 15 is 0 Å². The Morgan fingerprint density at radius 1 is 1.67 bits per heavy atom. The van der Waals surface area contributed by atoms with Crippen LogP contribution in [0.4, 0.5) is 0 Å². The number of aliphatic hydroxyl groups is 1. The lowest BCUT2D eigenvalue weighted by Crippen LogP contribution is -2.18. The SMILES string of the molecule is O=C(O)c1n[nH]c(CO)cc1=O. The van der Waals surface area contributed by atoms with Gasteiger partial charge in [-0.1, -0.05) is 0 Å². The zero-order chi connectivity index (χ0) is 9.14. The van der Waals surface area contributed by atoms with Crippen LogP contribution in [-0.2, 0) is 6.61 Å². The summed E-state index contributed by atoms with van der Waals surface area (Å²) in [4.78, 5) is 21.1. The molecule has 0 saturated heterocycles. The number of aromatic nitrogens is 2. The molecule has 0 fully saturated rings. The van der Waals surface area contributed by atoms with Crippen molar-refractivity contribution in [3.63, 3.8) is 0 Å². The van der Waals surface area contributed by atoms with Crippen LogP contribution in [0.2, 0.25) is 0 Å². The van der Waals surface area contributed by atoms with Crippen molar-refractivity contribution in [2.45, 2.75) is 6.61 Å². The highest BCUT2D eigenvalue weighted by atomic mass is 16.4. The van der Waals surface area contributed by atoms with Gasteiger partial charge in [-0.15, -0.1) is 0 Å². The lowest BCUT2D eigenvalue weighted by Gasteiger charge is -1.95. The largest absolute Gasteiger partial charge is 0.476 e. The number of nitrogens with zero attached hydrogens (tertiary/aromatic N) is 1. The third-order valence-corrected chi connectivity index (χ3v) is 1.22. The first kappa shape index (κ1) is 8.41. The van der Waals surface area contributed by atoms with E-state index in [9.17, 15) is 9.59 Å². The summed E-state index contributed by atoms with van der Waals surface area (Å²) in [5.74, 6) is -1.39. The quantitative estimate of drug-likeness (QED) is 0.526. The van der Waals surface area contributed by atoms with Gasteiger partial charge in [0.2, 0.25) is 11.1 Å². The number of carboxylic acid groups (broad SMARTS) is 1. The summed E-state index contributed by atoms with van der Waals surface area (Å²) in [6, 6.07) is 0.996. The minimum absolute atomic E-state index is 0.185. The second kappa shape index (κ2) is 3.14. The number of H-pyrrole nitrogens is 1. The Balaban J connectivity index is 3.21. The fraction of sp³-hybridized carbons (Fsp3) is 0.167. The van der Waals surface area contributed by atoms with Crippen LogP contribution in [0.1, 0.15) is 16.2 Å². The number of rotatable bonds is 2. The van der Waals surface area contributed by atoms with Crippen LogP contribution >= 0.6 is 0 Å². The summed E-state index contributed by atoms with van der Waals surface area (Å²) >= 11 is 0. The van der Waals surface area contributed by atoms with Crippen molar-refractivity contribution in [3.8, 4) is 0 Å². The lowest BCUT2D eigenvalue weighted by molar-refractivity contribution is 0.0687. The van der Waals surface area contributed by atoms with Crippen LogP contribution in [0.3, 0.4) is 0 Å². The topological polar surface area (TPSA) is 103 Å². The molecule has 0 bridgehead atoms. The molecular formula is C6H6N2O4. The zero-order valence-corrected chi connectivity index (χ0v) is 5.94. The molecule has 0 unspecified atom stereocenters. The zero-order valence-electron chi connectivity index (χ0n) is 5.94. The van der Waals surface area contributed by atoms with Gasteiger partial charge in [0.25, 0.3) is 0 Å².